The number of phosphoric acid groups is 1. The van der Waals surface area contributed by atoms with Crippen molar-refractivity contribution >= 4 is 13.7 Å². The van der Waals surface area contributed by atoms with Gasteiger partial charge in [0.1, 0.15) is 13.2 Å². The first-order chi connectivity index (χ1) is 24.5. The fourth-order valence-corrected chi connectivity index (χ4v) is 5.89. The van der Waals surface area contributed by atoms with E-state index in [9.17, 15) is 19.4 Å². The largest absolute Gasteiger partial charge is 0.472 e. The van der Waals surface area contributed by atoms with Gasteiger partial charge >= 0.3 is 7.82 Å². The average Bonchev–Trinajstić information content (AvgIpc) is 3.07. The second-order valence-corrected chi connectivity index (χ2v) is 16.1. The first-order valence-corrected chi connectivity index (χ1v) is 21.7. The van der Waals surface area contributed by atoms with Crippen molar-refractivity contribution in [1.82, 2.24) is 5.32 Å². The number of quaternary nitrogens is 1. The van der Waals surface area contributed by atoms with E-state index >= 15 is 0 Å². The van der Waals surface area contributed by atoms with Crippen LogP contribution in [0, 0.1) is 0 Å². The van der Waals surface area contributed by atoms with E-state index in [4.69, 9.17) is 9.05 Å². The lowest BCUT2D eigenvalue weighted by molar-refractivity contribution is -0.870. The van der Waals surface area contributed by atoms with Crippen LogP contribution in [-0.4, -0.2) is 73.4 Å². The van der Waals surface area contributed by atoms with Crippen molar-refractivity contribution < 1.29 is 32.9 Å². The number of amides is 1. The number of unbranched alkanes of at least 4 members (excludes halogenated alkanes) is 14. The van der Waals surface area contributed by atoms with Crippen molar-refractivity contribution in [2.45, 2.75) is 161 Å². The molecule has 296 valence electrons. The van der Waals surface area contributed by atoms with Gasteiger partial charge in [0.2, 0.25) is 5.91 Å². The third-order valence-electron chi connectivity index (χ3n) is 8.44. The van der Waals surface area contributed by atoms with E-state index in [1.165, 1.54) is 57.8 Å². The van der Waals surface area contributed by atoms with Crippen molar-refractivity contribution in [1.29, 1.82) is 0 Å². The topological polar surface area (TPSA) is 105 Å². The molecule has 0 aliphatic heterocycles. The third-order valence-corrected chi connectivity index (χ3v) is 9.42. The second kappa shape index (κ2) is 34.0. The second-order valence-electron chi connectivity index (χ2n) is 14.6. The predicted molar refractivity (Wildman–Crippen MR) is 217 cm³/mol. The maximum Gasteiger partial charge on any atom is 0.472 e. The number of allylic oxidation sites excluding steroid dienone is 9. The van der Waals surface area contributed by atoms with E-state index in [1.807, 2.05) is 27.2 Å². The summed E-state index contributed by atoms with van der Waals surface area (Å²) in [6.07, 6.45) is 42.8. The van der Waals surface area contributed by atoms with Crippen LogP contribution in [-0.2, 0) is 18.4 Å². The number of nitrogens with one attached hydrogen (secondary N) is 1. The minimum atomic E-state index is -4.35. The van der Waals surface area contributed by atoms with Gasteiger partial charge in [-0.25, -0.2) is 4.57 Å². The van der Waals surface area contributed by atoms with E-state index in [1.54, 1.807) is 6.08 Å². The van der Waals surface area contributed by atoms with E-state index in [-0.39, 0.29) is 19.1 Å². The molecule has 51 heavy (non-hydrogen) atoms. The Labute approximate surface area is 313 Å². The summed E-state index contributed by atoms with van der Waals surface area (Å²) in [5.74, 6) is -0.210. The third kappa shape index (κ3) is 36.4. The fourth-order valence-electron chi connectivity index (χ4n) is 5.16. The van der Waals surface area contributed by atoms with Gasteiger partial charge < -0.3 is 19.8 Å². The molecule has 0 aliphatic carbocycles. The number of aliphatic hydroxyl groups excluding tert-OH is 1. The normalized spacial score (nSPS) is 15.2. The molecule has 0 bridgehead atoms. The highest BCUT2D eigenvalue weighted by Gasteiger charge is 2.27. The van der Waals surface area contributed by atoms with Gasteiger partial charge in [-0.3, -0.25) is 13.8 Å². The zero-order chi connectivity index (χ0) is 37.9. The number of likely N-dealkylation sites (N-methyl/N-ethyl adjacent to an activating group) is 1. The summed E-state index contributed by atoms with van der Waals surface area (Å²) in [6, 6.07) is -0.876. The van der Waals surface area contributed by atoms with Gasteiger partial charge in [0, 0.05) is 6.42 Å². The molecule has 0 heterocycles. The molecule has 9 heteroatoms. The van der Waals surface area contributed by atoms with Crippen molar-refractivity contribution in [3.05, 3.63) is 60.8 Å². The monoisotopic (exact) mass is 738 g/mol. The van der Waals surface area contributed by atoms with E-state index in [2.05, 4.69) is 67.8 Å². The van der Waals surface area contributed by atoms with Crippen LogP contribution in [0.5, 0.6) is 0 Å². The summed E-state index contributed by atoms with van der Waals surface area (Å²) in [5.41, 5.74) is 0. The van der Waals surface area contributed by atoms with Crippen molar-refractivity contribution in [2.75, 3.05) is 40.9 Å². The average molecular weight is 738 g/mol. The van der Waals surface area contributed by atoms with Gasteiger partial charge in [-0.15, -0.1) is 0 Å². The standard InChI is InChI=1S/C42H77N2O6P/c1-6-8-10-12-14-16-18-20-22-24-26-28-30-32-34-36-42(46)43-40(39-50-51(47,48)49-38-37-44(3,4)5)41(45)35-33-31-29-27-25-23-21-19-17-15-13-11-9-7-2/h14,16-17,19-20,22,25,27,33,35,40-41,45H,6-13,15,18,21,23-24,26,28-32,34,36-39H2,1-5H3,(H-,43,46,47,48)/p+1/b16-14-,19-17+,22-20-,27-25+,35-33+. The molecular formula is C42H78N2O6P+. The van der Waals surface area contributed by atoms with Crippen LogP contribution in [0.1, 0.15) is 149 Å². The van der Waals surface area contributed by atoms with Crippen LogP contribution in [0.2, 0.25) is 0 Å². The highest BCUT2D eigenvalue weighted by Crippen LogP contribution is 2.43. The SMILES string of the molecule is CCCCC/C=C\C/C=C\CCCCCCCC(=O)NC(COP(=O)(O)OCC[N+](C)(C)C)C(O)/C=C/CC/C=C/CC/C=C/CCCCCC. The zero-order valence-corrected chi connectivity index (χ0v) is 34.2. The summed E-state index contributed by atoms with van der Waals surface area (Å²) in [7, 11) is 1.52. The zero-order valence-electron chi connectivity index (χ0n) is 33.3. The van der Waals surface area contributed by atoms with E-state index in [0.717, 1.165) is 70.6 Å². The number of carbonyl (C=O) groups excluding carboxylic acids is 1. The lowest BCUT2D eigenvalue weighted by Gasteiger charge is -2.25. The Morgan fingerprint density at radius 3 is 1.73 bits per heavy atom. The molecule has 0 aliphatic rings. The summed E-state index contributed by atoms with van der Waals surface area (Å²) < 4.78 is 23.4. The Hall–Kier alpha value is -1.80. The first kappa shape index (κ1) is 49.2. The van der Waals surface area contributed by atoms with Crippen LogP contribution < -0.4 is 5.32 Å². The van der Waals surface area contributed by atoms with Crippen molar-refractivity contribution in [2.24, 2.45) is 0 Å². The Bertz CT molecular complexity index is 1020. The molecule has 3 unspecified atom stereocenters. The molecule has 0 radical (unpaired) electrons. The molecule has 0 aromatic carbocycles. The maximum atomic E-state index is 12.8. The van der Waals surface area contributed by atoms with Crippen molar-refractivity contribution in [3.63, 3.8) is 0 Å². The van der Waals surface area contributed by atoms with Crippen LogP contribution in [0.4, 0.5) is 0 Å². The molecule has 0 saturated heterocycles. The number of carbonyl (C=O) groups is 1. The minimum Gasteiger partial charge on any atom is -0.387 e. The quantitative estimate of drug-likeness (QED) is 0.0259. The summed E-state index contributed by atoms with van der Waals surface area (Å²) in [5, 5.41) is 13.7. The Kier molecular flexibility index (Phi) is 32.8. The first-order valence-electron chi connectivity index (χ1n) is 20.2. The highest BCUT2D eigenvalue weighted by atomic mass is 31.2. The molecule has 3 N–H and O–H groups in total. The number of hydrogen-bond donors (Lipinski definition) is 3. The summed E-state index contributed by atoms with van der Waals surface area (Å²) in [4.78, 5) is 23.0. The van der Waals surface area contributed by atoms with Crippen LogP contribution in [0.25, 0.3) is 0 Å². The summed E-state index contributed by atoms with van der Waals surface area (Å²) in [6.45, 7) is 4.69. The minimum absolute atomic E-state index is 0.0481. The predicted octanol–water partition coefficient (Wildman–Crippen LogP) is 10.7. The lowest BCUT2D eigenvalue weighted by atomic mass is 10.1. The van der Waals surface area contributed by atoms with Gasteiger partial charge in [0.25, 0.3) is 0 Å². The van der Waals surface area contributed by atoms with Gasteiger partial charge in [-0.2, -0.15) is 0 Å². The number of nitrogens with zero attached hydrogens (tertiary/aromatic N) is 1. The molecule has 3 atom stereocenters. The Morgan fingerprint density at radius 1 is 0.667 bits per heavy atom. The number of rotatable bonds is 35. The molecular weight excluding hydrogens is 659 g/mol. The highest BCUT2D eigenvalue weighted by molar-refractivity contribution is 7.47. The lowest BCUT2D eigenvalue weighted by Crippen LogP contribution is -2.45. The van der Waals surface area contributed by atoms with Crippen LogP contribution >= 0.6 is 7.82 Å². The number of phosphoric ester groups is 1. The van der Waals surface area contributed by atoms with Crippen LogP contribution in [0.15, 0.2) is 60.8 Å². The van der Waals surface area contributed by atoms with Gasteiger partial charge in [0.05, 0.1) is 39.9 Å². The molecule has 0 spiro atoms. The Morgan fingerprint density at radius 2 is 1.14 bits per heavy atom. The van der Waals surface area contributed by atoms with Gasteiger partial charge in [-0.1, -0.05) is 126 Å². The molecule has 1 amide bonds. The van der Waals surface area contributed by atoms with Crippen molar-refractivity contribution in [3.8, 4) is 0 Å². The van der Waals surface area contributed by atoms with Gasteiger partial charge in [0.15, 0.2) is 0 Å². The summed E-state index contributed by atoms with van der Waals surface area (Å²) >= 11 is 0. The fraction of sp³-hybridized carbons (Fsp3) is 0.738. The number of aliphatic hydroxyl groups is 1. The maximum absolute atomic E-state index is 12.8. The van der Waals surface area contributed by atoms with Crippen LogP contribution in [0.3, 0.4) is 0 Å². The van der Waals surface area contributed by atoms with E-state index in [0.29, 0.717) is 17.4 Å². The van der Waals surface area contributed by atoms with Gasteiger partial charge in [-0.05, 0) is 77.0 Å². The molecule has 0 saturated carbocycles. The smallest absolute Gasteiger partial charge is 0.387 e. The Balaban J connectivity index is 4.62. The van der Waals surface area contributed by atoms with E-state index < -0.39 is 20.0 Å². The molecule has 0 aromatic rings. The molecule has 8 nitrogen and oxygen atoms in total. The number of hydrogen-bond acceptors (Lipinski definition) is 5. The molecule has 0 aromatic heterocycles. The molecule has 0 fully saturated rings. The molecule has 0 rings (SSSR count).